The normalized spacial score (nSPS) is 10.1. The molecule has 0 atom stereocenters. The fourth-order valence-corrected chi connectivity index (χ4v) is 2.08. The third kappa shape index (κ3) is 2.94. The van der Waals surface area contributed by atoms with Crippen LogP contribution in [0.5, 0.6) is 0 Å². The molecule has 0 bridgehead atoms. The number of para-hydroxylation sites is 1. The van der Waals surface area contributed by atoms with Gasteiger partial charge in [-0.25, -0.2) is 0 Å². The average molecular weight is 336 g/mol. The van der Waals surface area contributed by atoms with Gasteiger partial charge in [-0.2, -0.15) is 0 Å². The zero-order valence-electron chi connectivity index (χ0n) is 10.2. The largest absolute Gasteiger partial charge is 0.398 e. The molecule has 0 spiro atoms. The Balaban J connectivity index is 2.25. The number of nitrogen functional groups attached to an aromatic ring is 1. The first-order chi connectivity index (χ1) is 9.49. The minimum absolute atomic E-state index is 0.0610. The Kier molecular flexibility index (Phi) is 3.99. The lowest BCUT2D eigenvalue weighted by Gasteiger charge is -2.08. The highest BCUT2D eigenvalue weighted by Gasteiger charge is 2.13. The van der Waals surface area contributed by atoms with Gasteiger partial charge in [-0.15, -0.1) is 0 Å². The molecular formula is C13H10BrN3O3. The Hall–Kier alpha value is -2.41. The number of nitrogens with one attached hydrogen (secondary N) is 1. The molecular weight excluding hydrogens is 326 g/mol. The maximum atomic E-state index is 12.1. The van der Waals surface area contributed by atoms with Crippen molar-refractivity contribution in [2.24, 2.45) is 0 Å². The van der Waals surface area contributed by atoms with Crippen molar-refractivity contribution >= 4 is 38.9 Å². The van der Waals surface area contributed by atoms with Crippen LogP contribution in [0, 0.1) is 10.1 Å². The monoisotopic (exact) mass is 335 g/mol. The lowest BCUT2D eigenvalue weighted by molar-refractivity contribution is -0.384. The van der Waals surface area contributed by atoms with E-state index in [4.69, 9.17) is 5.73 Å². The van der Waals surface area contributed by atoms with Gasteiger partial charge in [0, 0.05) is 22.3 Å². The van der Waals surface area contributed by atoms with Crippen LogP contribution in [0.15, 0.2) is 46.9 Å². The Morgan fingerprint density at radius 2 is 1.95 bits per heavy atom. The van der Waals surface area contributed by atoms with Gasteiger partial charge in [-0.1, -0.05) is 12.1 Å². The second kappa shape index (κ2) is 5.70. The van der Waals surface area contributed by atoms with Crippen molar-refractivity contribution in [1.29, 1.82) is 0 Å². The van der Waals surface area contributed by atoms with Crippen LogP contribution in [0.1, 0.15) is 10.4 Å². The van der Waals surface area contributed by atoms with Crippen molar-refractivity contribution in [3.63, 3.8) is 0 Å². The smallest absolute Gasteiger partial charge is 0.270 e. The lowest BCUT2D eigenvalue weighted by atomic mass is 10.1. The highest BCUT2D eigenvalue weighted by molar-refractivity contribution is 9.10. The van der Waals surface area contributed by atoms with E-state index >= 15 is 0 Å². The van der Waals surface area contributed by atoms with E-state index in [1.165, 1.54) is 18.2 Å². The second-order valence-electron chi connectivity index (χ2n) is 3.96. The van der Waals surface area contributed by atoms with Gasteiger partial charge in [0.05, 0.1) is 16.2 Å². The Morgan fingerprint density at radius 3 is 2.55 bits per heavy atom. The quantitative estimate of drug-likeness (QED) is 0.511. The molecule has 0 fully saturated rings. The SMILES string of the molecule is Nc1ccccc1C(=O)Nc1ccc([N+](=O)[O-])cc1Br. The van der Waals surface area contributed by atoms with Gasteiger partial charge in [-0.3, -0.25) is 14.9 Å². The maximum Gasteiger partial charge on any atom is 0.270 e. The summed E-state index contributed by atoms with van der Waals surface area (Å²) in [6.07, 6.45) is 0. The van der Waals surface area contributed by atoms with Crippen LogP contribution in [0.3, 0.4) is 0 Å². The summed E-state index contributed by atoms with van der Waals surface area (Å²) in [5, 5.41) is 13.3. The molecule has 0 aliphatic heterocycles. The number of nitro benzene ring substituents is 1. The van der Waals surface area contributed by atoms with E-state index in [0.717, 1.165) is 0 Å². The topological polar surface area (TPSA) is 98.3 Å². The number of hydrogen-bond donors (Lipinski definition) is 2. The van der Waals surface area contributed by atoms with Crippen LogP contribution < -0.4 is 11.1 Å². The van der Waals surface area contributed by atoms with Crippen LogP contribution in [0.2, 0.25) is 0 Å². The Bertz CT molecular complexity index is 688. The number of amides is 1. The first-order valence-electron chi connectivity index (χ1n) is 5.59. The molecule has 7 heteroatoms. The number of halogens is 1. The summed E-state index contributed by atoms with van der Waals surface area (Å²) in [7, 11) is 0. The number of nitrogens with zero attached hydrogens (tertiary/aromatic N) is 1. The van der Waals surface area contributed by atoms with E-state index in [-0.39, 0.29) is 11.6 Å². The fourth-order valence-electron chi connectivity index (χ4n) is 1.61. The lowest BCUT2D eigenvalue weighted by Crippen LogP contribution is -2.14. The number of anilines is 2. The Labute approximate surface area is 122 Å². The molecule has 0 aliphatic carbocycles. The highest BCUT2D eigenvalue weighted by atomic mass is 79.9. The summed E-state index contributed by atoms with van der Waals surface area (Å²) in [5.41, 5.74) is 6.80. The van der Waals surface area contributed by atoms with Gasteiger partial charge >= 0.3 is 0 Å². The van der Waals surface area contributed by atoms with Crippen molar-refractivity contribution in [3.8, 4) is 0 Å². The number of carbonyl (C=O) groups is 1. The van der Waals surface area contributed by atoms with Crippen LogP contribution in [0.25, 0.3) is 0 Å². The Morgan fingerprint density at radius 1 is 1.25 bits per heavy atom. The highest BCUT2D eigenvalue weighted by Crippen LogP contribution is 2.27. The minimum Gasteiger partial charge on any atom is -0.398 e. The van der Waals surface area contributed by atoms with Gasteiger partial charge < -0.3 is 11.1 Å². The molecule has 0 unspecified atom stereocenters. The van der Waals surface area contributed by atoms with Gasteiger partial charge in [0.1, 0.15) is 0 Å². The number of nitrogens with two attached hydrogens (primary N) is 1. The first-order valence-corrected chi connectivity index (χ1v) is 6.38. The molecule has 102 valence electrons. The zero-order valence-corrected chi connectivity index (χ0v) is 11.8. The molecule has 1 amide bonds. The molecule has 0 aliphatic rings. The van der Waals surface area contributed by atoms with E-state index in [0.29, 0.717) is 21.4 Å². The van der Waals surface area contributed by atoms with Crippen molar-refractivity contribution < 1.29 is 9.72 Å². The van der Waals surface area contributed by atoms with Gasteiger partial charge in [0.25, 0.3) is 11.6 Å². The molecule has 2 aromatic rings. The van der Waals surface area contributed by atoms with Gasteiger partial charge in [0.2, 0.25) is 0 Å². The predicted molar refractivity (Wildman–Crippen MR) is 79.6 cm³/mol. The fraction of sp³-hybridized carbons (Fsp3) is 0. The third-order valence-corrected chi connectivity index (χ3v) is 3.27. The molecule has 0 saturated carbocycles. The summed E-state index contributed by atoms with van der Waals surface area (Å²) in [6, 6.07) is 10.8. The summed E-state index contributed by atoms with van der Waals surface area (Å²) in [5.74, 6) is -0.377. The van der Waals surface area contributed by atoms with Crippen LogP contribution in [0.4, 0.5) is 17.1 Å². The number of rotatable bonds is 3. The number of benzene rings is 2. The van der Waals surface area contributed by atoms with Gasteiger partial charge in [0.15, 0.2) is 0 Å². The van der Waals surface area contributed by atoms with Crippen LogP contribution in [-0.2, 0) is 0 Å². The van der Waals surface area contributed by atoms with Gasteiger partial charge in [-0.05, 0) is 34.1 Å². The third-order valence-electron chi connectivity index (χ3n) is 2.62. The summed E-state index contributed by atoms with van der Waals surface area (Å²) >= 11 is 3.18. The standard InChI is InChI=1S/C13H10BrN3O3/c14-10-7-8(17(19)20)5-6-12(10)16-13(18)9-3-1-2-4-11(9)15/h1-7H,15H2,(H,16,18). The minimum atomic E-state index is -0.508. The summed E-state index contributed by atoms with van der Waals surface area (Å²) in [4.78, 5) is 22.2. The molecule has 2 aromatic carbocycles. The van der Waals surface area contributed by atoms with E-state index in [1.54, 1.807) is 24.3 Å². The number of nitro groups is 1. The van der Waals surface area contributed by atoms with Crippen molar-refractivity contribution in [2.45, 2.75) is 0 Å². The van der Waals surface area contributed by atoms with Crippen molar-refractivity contribution in [1.82, 2.24) is 0 Å². The average Bonchev–Trinajstić information content (AvgIpc) is 2.41. The summed E-state index contributed by atoms with van der Waals surface area (Å²) in [6.45, 7) is 0. The van der Waals surface area contributed by atoms with E-state index in [2.05, 4.69) is 21.2 Å². The first kappa shape index (κ1) is 14.0. The zero-order chi connectivity index (χ0) is 14.7. The van der Waals surface area contributed by atoms with Crippen molar-refractivity contribution in [3.05, 3.63) is 62.6 Å². The van der Waals surface area contributed by atoms with Crippen LogP contribution >= 0.6 is 15.9 Å². The van der Waals surface area contributed by atoms with Crippen molar-refractivity contribution in [2.75, 3.05) is 11.1 Å². The number of non-ortho nitro benzene ring substituents is 1. The second-order valence-corrected chi connectivity index (χ2v) is 4.82. The molecule has 3 N–H and O–H groups in total. The predicted octanol–water partition coefficient (Wildman–Crippen LogP) is 3.19. The number of hydrogen-bond acceptors (Lipinski definition) is 4. The molecule has 20 heavy (non-hydrogen) atoms. The van der Waals surface area contributed by atoms with E-state index in [9.17, 15) is 14.9 Å². The molecule has 0 aromatic heterocycles. The maximum absolute atomic E-state index is 12.1. The number of carbonyl (C=O) groups excluding carboxylic acids is 1. The van der Waals surface area contributed by atoms with E-state index in [1.807, 2.05) is 0 Å². The van der Waals surface area contributed by atoms with Crippen LogP contribution in [-0.4, -0.2) is 10.8 Å². The molecule has 2 rings (SSSR count). The summed E-state index contributed by atoms with van der Waals surface area (Å²) < 4.78 is 0.426. The molecule has 0 radical (unpaired) electrons. The van der Waals surface area contributed by atoms with E-state index < -0.39 is 4.92 Å². The molecule has 6 nitrogen and oxygen atoms in total. The molecule has 0 heterocycles. The molecule has 0 saturated heterocycles.